The van der Waals surface area contributed by atoms with Crippen molar-refractivity contribution in [2.45, 2.75) is 32.3 Å². The van der Waals surface area contributed by atoms with Gasteiger partial charge in [-0.1, -0.05) is 6.42 Å². The van der Waals surface area contributed by atoms with Crippen molar-refractivity contribution in [3.05, 3.63) is 0 Å². The van der Waals surface area contributed by atoms with E-state index >= 15 is 0 Å². The fraction of sp³-hybridized carbons (Fsp3) is 0.875. The minimum Gasteiger partial charge on any atom is -0.383 e. The summed E-state index contributed by atoms with van der Waals surface area (Å²) in [6.07, 6.45) is 2.39. The van der Waals surface area contributed by atoms with Crippen LogP contribution in [0.1, 0.15) is 26.2 Å². The summed E-state index contributed by atoms with van der Waals surface area (Å²) >= 11 is 0. The van der Waals surface area contributed by atoms with E-state index in [9.17, 15) is 9.90 Å². The zero-order chi connectivity index (χ0) is 8.27. The molecule has 2 N–H and O–H groups in total. The van der Waals surface area contributed by atoms with E-state index in [-0.39, 0.29) is 11.8 Å². The van der Waals surface area contributed by atoms with Gasteiger partial charge in [0.25, 0.3) is 0 Å². The average Bonchev–Trinajstić information content (AvgIpc) is 1.84. The van der Waals surface area contributed by atoms with Gasteiger partial charge in [-0.15, -0.1) is 0 Å². The van der Waals surface area contributed by atoms with E-state index in [1.54, 1.807) is 0 Å². The lowest BCUT2D eigenvalue weighted by Gasteiger charge is -2.29. The van der Waals surface area contributed by atoms with Crippen LogP contribution in [0.2, 0.25) is 0 Å². The number of aliphatic hydroxyl groups excluding tert-OH is 1. The zero-order valence-electron chi connectivity index (χ0n) is 6.84. The van der Waals surface area contributed by atoms with Crippen LogP contribution in [-0.4, -0.2) is 23.7 Å². The van der Waals surface area contributed by atoms with Crippen LogP contribution in [0.5, 0.6) is 0 Å². The predicted octanol–water partition coefficient (Wildman–Crippen LogP) is 0.283. The topological polar surface area (TPSA) is 49.3 Å². The van der Waals surface area contributed by atoms with Crippen molar-refractivity contribution in [3.8, 4) is 0 Å². The Balaban J connectivity index is 2.27. The molecule has 3 heteroatoms. The zero-order valence-corrected chi connectivity index (χ0v) is 6.84. The molecule has 0 aromatic rings. The Hall–Kier alpha value is -0.570. The lowest BCUT2D eigenvalue weighted by atomic mass is 9.81. The fourth-order valence-electron chi connectivity index (χ4n) is 1.25. The van der Waals surface area contributed by atoms with E-state index in [4.69, 9.17) is 0 Å². The second-order valence-electron chi connectivity index (χ2n) is 3.03. The minimum absolute atomic E-state index is 0.211. The molecule has 1 fully saturated rings. The van der Waals surface area contributed by atoms with Gasteiger partial charge in [0.2, 0.25) is 5.91 Å². The summed E-state index contributed by atoms with van der Waals surface area (Å²) in [6.45, 7) is 2.45. The smallest absolute Gasteiger partial charge is 0.249 e. The number of hydrogen-bond acceptors (Lipinski definition) is 2. The maximum Gasteiger partial charge on any atom is 0.249 e. The van der Waals surface area contributed by atoms with Crippen molar-refractivity contribution in [2.24, 2.45) is 5.92 Å². The molecular weight excluding hydrogens is 142 g/mol. The van der Waals surface area contributed by atoms with Crippen LogP contribution in [0.25, 0.3) is 0 Å². The lowest BCUT2D eigenvalue weighted by Crippen LogP contribution is -2.41. The first-order valence-electron chi connectivity index (χ1n) is 4.21. The third-order valence-electron chi connectivity index (χ3n) is 2.22. The van der Waals surface area contributed by atoms with E-state index < -0.39 is 6.10 Å². The number of carbonyl (C=O) groups excluding carboxylic acids is 1. The van der Waals surface area contributed by atoms with E-state index in [0.717, 1.165) is 19.3 Å². The Morgan fingerprint density at radius 2 is 2.36 bits per heavy atom. The highest BCUT2D eigenvalue weighted by atomic mass is 16.3. The normalized spacial score (nSPS) is 20.5. The molecule has 1 atom stereocenters. The maximum absolute atomic E-state index is 11.0. The highest BCUT2D eigenvalue weighted by Gasteiger charge is 2.30. The summed E-state index contributed by atoms with van der Waals surface area (Å²) in [5.74, 6) is 0.0127. The van der Waals surface area contributed by atoms with Crippen LogP contribution in [0.3, 0.4) is 0 Å². The Kier molecular flexibility index (Phi) is 2.88. The molecule has 1 aliphatic carbocycles. The van der Waals surface area contributed by atoms with Gasteiger partial charge in [-0.25, -0.2) is 0 Å². The maximum atomic E-state index is 11.0. The van der Waals surface area contributed by atoms with Gasteiger partial charge in [-0.3, -0.25) is 4.79 Å². The minimum atomic E-state index is -0.760. The molecule has 0 bridgehead atoms. The third kappa shape index (κ3) is 1.93. The van der Waals surface area contributed by atoms with Gasteiger partial charge in [0, 0.05) is 6.54 Å². The first kappa shape index (κ1) is 8.53. The van der Waals surface area contributed by atoms with Crippen LogP contribution in [0.4, 0.5) is 0 Å². The third-order valence-corrected chi connectivity index (χ3v) is 2.22. The van der Waals surface area contributed by atoms with Crippen LogP contribution in [0.15, 0.2) is 0 Å². The largest absolute Gasteiger partial charge is 0.383 e. The van der Waals surface area contributed by atoms with Crippen LogP contribution in [-0.2, 0) is 4.79 Å². The number of nitrogens with one attached hydrogen (secondary N) is 1. The monoisotopic (exact) mass is 157 g/mol. The standard InChI is InChI=1S/C8H15NO2/c1-2-9-8(11)7(10)6-4-3-5-6/h6-7,10H,2-5H2,1H3,(H,9,11). The number of rotatable bonds is 3. The molecule has 1 aliphatic rings. The average molecular weight is 157 g/mol. The Labute approximate surface area is 66.8 Å². The van der Waals surface area contributed by atoms with Gasteiger partial charge < -0.3 is 10.4 Å². The molecule has 3 nitrogen and oxygen atoms in total. The Morgan fingerprint density at radius 3 is 2.73 bits per heavy atom. The summed E-state index contributed by atoms with van der Waals surface area (Å²) in [7, 11) is 0. The first-order valence-corrected chi connectivity index (χ1v) is 4.21. The second kappa shape index (κ2) is 3.72. The molecule has 0 aromatic heterocycles. The molecule has 0 heterocycles. The number of carbonyl (C=O) groups is 1. The molecule has 0 aliphatic heterocycles. The van der Waals surface area contributed by atoms with E-state index in [1.165, 1.54) is 0 Å². The number of amides is 1. The van der Waals surface area contributed by atoms with Gasteiger partial charge in [-0.2, -0.15) is 0 Å². The van der Waals surface area contributed by atoms with Crippen molar-refractivity contribution >= 4 is 5.91 Å². The van der Waals surface area contributed by atoms with Gasteiger partial charge in [0.05, 0.1) is 0 Å². The van der Waals surface area contributed by atoms with E-state index in [1.807, 2.05) is 6.92 Å². The Morgan fingerprint density at radius 1 is 1.73 bits per heavy atom. The molecule has 64 valence electrons. The van der Waals surface area contributed by atoms with Crippen molar-refractivity contribution in [1.82, 2.24) is 5.32 Å². The summed E-state index contributed by atoms with van der Waals surface area (Å²) in [5, 5.41) is 12.0. The molecular formula is C8H15NO2. The summed E-state index contributed by atoms with van der Waals surface area (Å²) in [4.78, 5) is 11.0. The molecule has 0 spiro atoms. The summed E-state index contributed by atoms with van der Waals surface area (Å²) in [6, 6.07) is 0. The van der Waals surface area contributed by atoms with Crippen molar-refractivity contribution in [1.29, 1.82) is 0 Å². The summed E-state index contributed by atoms with van der Waals surface area (Å²) in [5.41, 5.74) is 0. The Bertz CT molecular complexity index is 143. The van der Waals surface area contributed by atoms with Crippen molar-refractivity contribution < 1.29 is 9.90 Å². The highest BCUT2D eigenvalue weighted by molar-refractivity contribution is 5.80. The summed E-state index contributed by atoms with van der Waals surface area (Å²) < 4.78 is 0. The first-order chi connectivity index (χ1) is 5.25. The van der Waals surface area contributed by atoms with Gasteiger partial charge in [0.15, 0.2) is 0 Å². The van der Waals surface area contributed by atoms with Crippen molar-refractivity contribution in [3.63, 3.8) is 0 Å². The number of likely N-dealkylation sites (N-methyl/N-ethyl adjacent to an activating group) is 1. The van der Waals surface area contributed by atoms with E-state index in [2.05, 4.69) is 5.32 Å². The molecule has 1 amide bonds. The van der Waals surface area contributed by atoms with Crippen LogP contribution >= 0.6 is 0 Å². The predicted molar refractivity (Wildman–Crippen MR) is 42.0 cm³/mol. The van der Waals surface area contributed by atoms with Crippen LogP contribution in [0, 0.1) is 5.92 Å². The SMILES string of the molecule is CCNC(=O)C(O)C1CCC1. The molecule has 0 radical (unpaired) electrons. The van der Waals surface area contributed by atoms with Gasteiger partial charge in [-0.05, 0) is 25.7 Å². The van der Waals surface area contributed by atoms with Gasteiger partial charge >= 0.3 is 0 Å². The van der Waals surface area contributed by atoms with Crippen LogP contribution < -0.4 is 5.32 Å². The van der Waals surface area contributed by atoms with Gasteiger partial charge in [0.1, 0.15) is 6.10 Å². The molecule has 1 unspecified atom stereocenters. The molecule has 0 aromatic carbocycles. The molecule has 1 rings (SSSR count). The number of aliphatic hydroxyl groups is 1. The lowest BCUT2D eigenvalue weighted by molar-refractivity contribution is -0.133. The molecule has 1 saturated carbocycles. The molecule has 11 heavy (non-hydrogen) atoms. The quantitative estimate of drug-likeness (QED) is 0.618. The fourth-order valence-corrected chi connectivity index (χ4v) is 1.25. The number of hydrogen-bond donors (Lipinski definition) is 2. The highest BCUT2D eigenvalue weighted by Crippen LogP contribution is 2.29. The molecule has 0 saturated heterocycles. The van der Waals surface area contributed by atoms with E-state index in [0.29, 0.717) is 6.54 Å². The second-order valence-corrected chi connectivity index (χ2v) is 3.03. The van der Waals surface area contributed by atoms with Crippen molar-refractivity contribution in [2.75, 3.05) is 6.54 Å².